The summed E-state index contributed by atoms with van der Waals surface area (Å²) in [6, 6.07) is 16.0. The van der Waals surface area contributed by atoms with Gasteiger partial charge in [0.25, 0.3) is 5.91 Å². The quantitative estimate of drug-likeness (QED) is 0.367. The molecule has 1 amide bonds. The van der Waals surface area contributed by atoms with Crippen LogP contribution >= 0.6 is 0 Å². The highest BCUT2D eigenvalue weighted by Gasteiger charge is 2.30. The number of nitrogens with one attached hydrogen (secondary N) is 2. The number of fused-ring (bicyclic) bond motifs is 1. The van der Waals surface area contributed by atoms with Gasteiger partial charge in [-0.3, -0.25) is 4.79 Å². The minimum atomic E-state index is -0.0332. The van der Waals surface area contributed by atoms with Gasteiger partial charge in [-0.15, -0.1) is 0 Å². The van der Waals surface area contributed by atoms with Gasteiger partial charge in [-0.2, -0.15) is 5.10 Å². The molecule has 2 N–H and O–H groups in total. The topological polar surface area (TPSA) is 94.0 Å². The molecule has 2 saturated carbocycles. The second kappa shape index (κ2) is 9.84. The summed E-state index contributed by atoms with van der Waals surface area (Å²) in [6.45, 7) is 2.08. The zero-order valence-corrected chi connectivity index (χ0v) is 21.3. The molecule has 2 fully saturated rings. The predicted octanol–water partition coefficient (Wildman–Crippen LogP) is 5.16. The van der Waals surface area contributed by atoms with Crippen molar-refractivity contribution in [1.29, 1.82) is 0 Å². The van der Waals surface area contributed by atoms with Crippen LogP contribution in [0, 0.1) is 6.92 Å². The molecule has 8 nitrogen and oxygen atoms in total. The van der Waals surface area contributed by atoms with E-state index in [1.54, 1.807) is 19.2 Å². The van der Waals surface area contributed by atoms with Crippen molar-refractivity contribution in [2.75, 3.05) is 12.4 Å². The third-order valence-corrected chi connectivity index (χ3v) is 7.42. The predicted molar refractivity (Wildman–Crippen MR) is 143 cm³/mol. The van der Waals surface area contributed by atoms with Crippen LogP contribution in [0.25, 0.3) is 16.7 Å². The lowest BCUT2D eigenvalue weighted by atomic mass is 9.91. The summed E-state index contributed by atoms with van der Waals surface area (Å²) in [4.78, 5) is 22.6. The Morgan fingerprint density at radius 1 is 0.919 bits per heavy atom. The Hall–Kier alpha value is -3.94. The van der Waals surface area contributed by atoms with Crippen LogP contribution in [0.5, 0.6) is 5.75 Å². The van der Waals surface area contributed by atoms with Gasteiger partial charge in [0.1, 0.15) is 17.4 Å². The van der Waals surface area contributed by atoms with Crippen LogP contribution in [-0.4, -0.2) is 44.8 Å². The van der Waals surface area contributed by atoms with E-state index in [1.807, 2.05) is 23.0 Å². The SMILES string of the molecule is COc1ccc(C(=O)NC2CCC(Nc3nc(C4CC4)nc4c3cnn4-c3ccc(C)cc3)CC2)cc1. The third-order valence-electron chi connectivity index (χ3n) is 7.42. The van der Waals surface area contributed by atoms with Gasteiger partial charge in [0.05, 0.1) is 24.4 Å². The molecule has 4 aromatic rings. The molecule has 0 aliphatic heterocycles. The van der Waals surface area contributed by atoms with Crippen molar-refractivity contribution in [3.05, 3.63) is 71.7 Å². The molecule has 0 saturated heterocycles. The zero-order valence-electron chi connectivity index (χ0n) is 21.3. The molecule has 2 aliphatic rings. The first-order valence-electron chi connectivity index (χ1n) is 13.1. The van der Waals surface area contributed by atoms with Crippen LogP contribution in [0.2, 0.25) is 0 Å². The van der Waals surface area contributed by atoms with Gasteiger partial charge >= 0.3 is 0 Å². The first-order chi connectivity index (χ1) is 18.1. The van der Waals surface area contributed by atoms with Crippen LogP contribution < -0.4 is 15.4 Å². The molecule has 8 heteroatoms. The van der Waals surface area contributed by atoms with Crippen molar-refractivity contribution >= 4 is 22.8 Å². The van der Waals surface area contributed by atoms with Crippen LogP contribution in [0.3, 0.4) is 0 Å². The number of ether oxygens (including phenoxy) is 1. The lowest BCUT2D eigenvalue weighted by Gasteiger charge is -2.30. The van der Waals surface area contributed by atoms with E-state index in [1.165, 1.54) is 5.56 Å². The highest BCUT2D eigenvalue weighted by molar-refractivity contribution is 5.94. The number of hydrogen-bond donors (Lipinski definition) is 2. The van der Waals surface area contributed by atoms with Crippen molar-refractivity contribution in [1.82, 2.24) is 25.1 Å². The second-order valence-electron chi connectivity index (χ2n) is 10.2. The van der Waals surface area contributed by atoms with Crippen molar-refractivity contribution in [3.8, 4) is 11.4 Å². The Bertz CT molecular complexity index is 1400. The fourth-order valence-corrected chi connectivity index (χ4v) is 5.02. The molecule has 2 aromatic carbocycles. The number of aryl methyl sites for hydroxylation is 1. The number of anilines is 1. The maximum absolute atomic E-state index is 12.7. The second-order valence-corrected chi connectivity index (χ2v) is 10.2. The molecule has 6 rings (SSSR count). The van der Waals surface area contributed by atoms with Gasteiger partial charge in [0.15, 0.2) is 5.65 Å². The van der Waals surface area contributed by atoms with E-state index in [0.717, 1.165) is 72.6 Å². The normalized spacial score (nSPS) is 19.5. The maximum atomic E-state index is 12.7. The van der Waals surface area contributed by atoms with Gasteiger partial charge in [-0.05, 0) is 81.8 Å². The average molecular weight is 497 g/mol. The summed E-state index contributed by atoms with van der Waals surface area (Å²) in [5, 5.41) is 12.5. The van der Waals surface area contributed by atoms with Crippen molar-refractivity contribution in [2.45, 2.75) is 63.5 Å². The number of hydrogen-bond acceptors (Lipinski definition) is 6. The van der Waals surface area contributed by atoms with E-state index < -0.39 is 0 Å². The smallest absolute Gasteiger partial charge is 0.251 e. The van der Waals surface area contributed by atoms with E-state index >= 15 is 0 Å². The summed E-state index contributed by atoms with van der Waals surface area (Å²) < 4.78 is 7.10. The number of methoxy groups -OCH3 is 1. The molecular formula is C29H32N6O2. The Morgan fingerprint density at radius 2 is 1.62 bits per heavy atom. The molecule has 0 radical (unpaired) electrons. The molecule has 0 unspecified atom stereocenters. The molecule has 2 aliphatic carbocycles. The first kappa shape index (κ1) is 23.5. The number of benzene rings is 2. The van der Waals surface area contributed by atoms with Crippen LogP contribution in [-0.2, 0) is 0 Å². The lowest BCUT2D eigenvalue weighted by molar-refractivity contribution is 0.0926. The molecule has 0 atom stereocenters. The van der Waals surface area contributed by atoms with E-state index in [4.69, 9.17) is 14.7 Å². The number of carbonyl (C=O) groups is 1. The summed E-state index contributed by atoms with van der Waals surface area (Å²) in [5.74, 6) is 2.93. The summed E-state index contributed by atoms with van der Waals surface area (Å²) >= 11 is 0. The lowest BCUT2D eigenvalue weighted by Crippen LogP contribution is -2.40. The molecule has 0 spiro atoms. The van der Waals surface area contributed by atoms with Gasteiger partial charge < -0.3 is 15.4 Å². The zero-order chi connectivity index (χ0) is 25.4. The van der Waals surface area contributed by atoms with Gasteiger partial charge in [0.2, 0.25) is 0 Å². The fraction of sp³-hybridized carbons (Fsp3) is 0.379. The molecule has 0 bridgehead atoms. The molecular weight excluding hydrogens is 464 g/mol. The number of carbonyl (C=O) groups excluding carboxylic acids is 1. The van der Waals surface area contributed by atoms with Crippen molar-refractivity contribution in [3.63, 3.8) is 0 Å². The largest absolute Gasteiger partial charge is 0.497 e. The molecule has 2 aromatic heterocycles. The minimum Gasteiger partial charge on any atom is -0.497 e. The number of aromatic nitrogens is 4. The monoisotopic (exact) mass is 496 g/mol. The summed E-state index contributed by atoms with van der Waals surface area (Å²) in [7, 11) is 1.62. The summed E-state index contributed by atoms with van der Waals surface area (Å²) in [6.07, 6.45) is 7.92. The van der Waals surface area contributed by atoms with Crippen molar-refractivity contribution < 1.29 is 9.53 Å². The standard InChI is InChI=1S/C29H32N6O2/c1-18-3-13-23(14-4-18)35-28-25(17-30-35)27(33-26(34-28)19-5-6-19)31-21-9-11-22(12-10-21)32-29(36)20-7-15-24(37-2)16-8-20/h3-4,7-8,13-17,19,21-22H,5-6,9-12H2,1-2H3,(H,32,36)(H,31,33,34). The number of nitrogens with zero attached hydrogens (tertiary/aromatic N) is 4. The van der Waals surface area contributed by atoms with Gasteiger partial charge in [0, 0.05) is 23.6 Å². The fourth-order valence-electron chi connectivity index (χ4n) is 5.02. The Morgan fingerprint density at radius 3 is 2.30 bits per heavy atom. The van der Waals surface area contributed by atoms with E-state index in [0.29, 0.717) is 17.5 Å². The Balaban J connectivity index is 1.15. The summed E-state index contributed by atoms with van der Waals surface area (Å²) in [5.41, 5.74) is 3.72. The van der Waals surface area contributed by atoms with Crippen LogP contribution in [0.1, 0.15) is 66.2 Å². The minimum absolute atomic E-state index is 0.0332. The number of amides is 1. The average Bonchev–Trinajstić information content (AvgIpc) is 3.69. The number of rotatable bonds is 7. The van der Waals surface area contributed by atoms with Crippen molar-refractivity contribution in [2.24, 2.45) is 0 Å². The highest BCUT2D eigenvalue weighted by Crippen LogP contribution is 2.40. The Labute approximate surface area is 216 Å². The van der Waals surface area contributed by atoms with E-state index in [9.17, 15) is 4.79 Å². The first-order valence-corrected chi connectivity index (χ1v) is 13.1. The Kier molecular flexibility index (Phi) is 6.24. The third kappa shape index (κ3) is 5.01. The molecule has 2 heterocycles. The van der Waals surface area contributed by atoms with E-state index in [-0.39, 0.29) is 11.9 Å². The van der Waals surface area contributed by atoms with Gasteiger partial charge in [-0.1, -0.05) is 17.7 Å². The molecule has 37 heavy (non-hydrogen) atoms. The van der Waals surface area contributed by atoms with Crippen LogP contribution in [0.15, 0.2) is 54.7 Å². The van der Waals surface area contributed by atoms with E-state index in [2.05, 4.69) is 46.9 Å². The van der Waals surface area contributed by atoms with Crippen LogP contribution in [0.4, 0.5) is 5.82 Å². The molecule has 190 valence electrons. The highest BCUT2D eigenvalue weighted by atomic mass is 16.5. The van der Waals surface area contributed by atoms with Gasteiger partial charge in [-0.25, -0.2) is 14.6 Å². The maximum Gasteiger partial charge on any atom is 0.251 e.